The molecule has 0 spiro atoms. The van der Waals surface area contributed by atoms with Crippen molar-refractivity contribution in [3.63, 3.8) is 0 Å². The second-order valence-corrected chi connectivity index (χ2v) is 8.35. The van der Waals surface area contributed by atoms with E-state index in [1.54, 1.807) is 11.8 Å². The Bertz CT molecular complexity index is 739. The summed E-state index contributed by atoms with van der Waals surface area (Å²) >= 11 is 2.88. The summed E-state index contributed by atoms with van der Waals surface area (Å²) in [4.78, 5) is 24.8. The molecule has 7 nitrogen and oxygen atoms in total. The largest absolute Gasteiger partial charge is 0.445 e. The fourth-order valence-electron chi connectivity index (χ4n) is 2.22. The van der Waals surface area contributed by atoms with Crippen LogP contribution < -0.4 is 10.6 Å². The van der Waals surface area contributed by atoms with Crippen LogP contribution in [0.4, 0.5) is 9.93 Å². The van der Waals surface area contributed by atoms with E-state index in [-0.39, 0.29) is 18.4 Å². The van der Waals surface area contributed by atoms with Crippen LogP contribution in [-0.4, -0.2) is 34.0 Å². The van der Waals surface area contributed by atoms with E-state index in [0.717, 1.165) is 22.1 Å². The van der Waals surface area contributed by atoms with Crippen LogP contribution >= 0.6 is 23.1 Å². The number of hydrogen-bond acceptors (Lipinski definition) is 7. The van der Waals surface area contributed by atoms with E-state index in [1.165, 1.54) is 11.3 Å². The third kappa shape index (κ3) is 6.84. The first kappa shape index (κ1) is 21.2. The highest BCUT2D eigenvalue weighted by Gasteiger charge is 2.27. The molecule has 2 N–H and O–H groups in total. The lowest BCUT2D eigenvalue weighted by Gasteiger charge is -2.22. The van der Waals surface area contributed by atoms with Crippen LogP contribution in [0.25, 0.3) is 0 Å². The molecule has 0 radical (unpaired) electrons. The number of carbonyl (C=O) groups is 2. The van der Waals surface area contributed by atoms with Gasteiger partial charge in [-0.15, -0.1) is 10.2 Å². The van der Waals surface area contributed by atoms with Gasteiger partial charge in [-0.1, -0.05) is 80.6 Å². The zero-order chi connectivity index (χ0) is 19.6. The van der Waals surface area contributed by atoms with Crippen molar-refractivity contribution in [1.29, 1.82) is 0 Å². The Hall–Kier alpha value is -2.13. The third-order valence-corrected chi connectivity index (χ3v) is 5.74. The molecule has 0 aliphatic heterocycles. The van der Waals surface area contributed by atoms with Gasteiger partial charge >= 0.3 is 6.09 Å². The number of thioether (sulfide) groups is 1. The number of carbonyl (C=O) groups excluding carboxylic acids is 2. The van der Waals surface area contributed by atoms with Gasteiger partial charge in [-0.25, -0.2) is 4.79 Å². The van der Waals surface area contributed by atoms with Crippen molar-refractivity contribution in [3.05, 3.63) is 35.9 Å². The lowest BCUT2D eigenvalue weighted by molar-refractivity contribution is -0.119. The first-order valence-electron chi connectivity index (χ1n) is 8.77. The van der Waals surface area contributed by atoms with Gasteiger partial charge in [-0.3, -0.25) is 10.1 Å². The molecule has 1 aromatic carbocycles. The van der Waals surface area contributed by atoms with Gasteiger partial charge in [0.25, 0.3) is 0 Å². The summed E-state index contributed by atoms with van der Waals surface area (Å²) in [5.41, 5.74) is 0.881. The summed E-state index contributed by atoms with van der Waals surface area (Å²) in [7, 11) is 0. The number of hydrogen-bond donors (Lipinski definition) is 2. The van der Waals surface area contributed by atoms with Gasteiger partial charge in [0.2, 0.25) is 11.0 Å². The number of nitrogens with zero attached hydrogens (tertiary/aromatic N) is 2. The molecule has 1 aromatic heterocycles. The highest BCUT2D eigenvalue weighted by molar-refractivity contribution is 8.01. The molecule has 0 fully saturated rings. The van der Waals surface area contributed by atoms with Crippen LogP contribution in [0.1, 0.15) is 32.8 Å². The number of rotatable bonds is 9. The van der Waals surface area contributed by atoms with E-state index in [2.05, 4.69) is 20.8 Å². The fourth-order valence-corrected chi connectivity index (χ4v) is 3.87. The van der Waals surface area contributed by atoms with Gasteiger partial charge < -0.3 is 10.1 Å². The maximum absolute atomic E-state index is 12.6. The number of nitrogens with one attached hydrogen (secondary N) is 2. The molecule has 0 saturated heterocycles. The summed E-state index contributed by atoms with van der Waals surface area (Å²) in [5, 5.41) is 13.8. The highest BCUT2D eigenvalue weighted by Crippen LogP contribution is 2.25. The minimum absolute atomic E-state index is 0.0633. The molecule has 27 heavy (non-hydrogen) atoms. The summed E-state index contributed by atoms with van der Waals surface area (Å²) < 4.78 is 6.03. The van der Waals surface area contributed by atoms with Crippen LogP contribution in [0.15, 0.2) is 34.7 Å². The first-order valence-corrected chi connectivity index (χ1v) is 10.6. The number of aromatic nitrogens is 2. The number of benzene rings is 1. The van der Waals surface area contributed by atoms with Crippen molar-refractivity contribution < 1.29 is 14.3 Å². The van der Waals surface area contributed by atoms with Crippen molar-refractivity contribution in [2.45, 2.75) is 44.2 Å². The highest BCUT2D eigenvalue weighted by atomic mass is 32.2. The van der Waals surface area contributed by atoms with E-state index in [9.17, 15) is 9.59 Å². The van der Waals surface area contributed by atoms with Gasteiger partial charge in [0.05, 0.1) is 0 Å². The smallest absolute Gasteiger partial charge is 0.408 e. The maximum atomic E-state index is 12.6. The van der Waals surface area contributed by atoms with Crippen LogP contribution in [0, 0.1) is 5.92 Å². The Morgan fingerprint density at radius 1 is 1.22 bits per heavy atom. The van der Waals surface area contributed by atoms with Gasteiger partial charge in [0.15, 0.2) is 4.34 Å². The number of amides is 2. The summed E-state index contributed by atoms with van der Waals surface area (Å²) in [6, 6.07) is 8.66. The Morgan fingerprint density at radius 2 is 1.96 bits per heavy atom. The monoisotopic (exact) mass is 408 g/mol. The minimum atomic E-state index is -0.718. The van der Waals surface area contributed by atoms with Crippen LogP contribution in [0.2, 0.25) is 0 Å². The Balaban J connectivity index is 1.94. The van der Waals surface area contributed by atoms with E-state index < -0.39 is 12.1 Å². The molecule has 0 saturated carbocycles. The lowest BCUT2D eigenvalue weighted by atomic mass is 9.98. The lowest BCUT2D eigenvalue weighted by Crippen LogP contribution is -2.47. The zero-order valence-electron chi connectivity index (χ0n) is 15.6. The normalized spacial score (nSPS) is 12.9. The Kier molecular flexibility index (Phi) is 8.53. The molecular weight excluding hydrogens is 384 g/mol. The molecule has 2 amide bonds. The van der Waals surface area contributed by atoms with Crippen molar-refractivity contribution in [2.24, 2.45) is 5.92 Å². The van der Waals surface area contributed by atoms with Crippen LogP contribution in [0.3, 0.4) is 0 Å². The third-order valence-electron chi connectivity index (χ3n) is 3.89. The SMILES string of the molecule is CCSc1nnc(NC(=O)[C@@H](NC(=O)OCc2ccccc2)[C@@H](C)CC)s1. The molecule has 0 unspecified atom stereocenters. The Labute approximate surface area is 167 Å². The molecule has 0 aliphatic carbocycles. The number of ether oxygens (including phenoxy) is 1. The van der Waals surface area contributed by atoms with Crippen molar-refractivity contribution in [2.75, 3.05) is 11.1 Å². The van der Waals surface area contributed by atoms with E-state index in [1.807, 2.05) is 51.1 Å². The molecule has 0 aliphatic rings. The topological polar surface area (TPSA) is 93.2 Å². The zero-order valence-corrected chi connectivity index (χ0v) is 17.2. The molecule has 146 valence electrons. The van der Waals surface area contributed by atoms with Crippen molar-refractivity contribution in [3.8, 4) is 0 Å². The summed E-state index contributed by atoms with van der Waals surface area (Å²) in [6.07, 6.45) is 0.100. The van der Waals surface area contributed by atoms with E-state index in [4.69, 9.17) is 4.74 Å². The van der Waals surface area contributed by atoms with Crippen LogP contribution in [0.5, 0.6) is 0 Å². The van der Waals surface area contributed by atoms with Gasteiger partial charge in [0, 0.05) is 0 Å². The molecule has 0 bridgehead atoms. The number of anilines is 1. The molecule has 2 atom stereocenters. The minimum Gasteiger partial charge on any atom is -0.445 e. The van der Waals surface area contributed by atoms with Crippen LogP contribution in [-0.2, 0) is 16.1 Å². The molecule has 1 heterocycles. The summed E-state index contributed by atoms with van der Waals surface area (Å²) in [5.74, 6) is 0.490. The van der Waals surface area contributed by atoms with E-state index in [0.29, 0.717) is 5.13 Å². The first-order chi connectivity index (χ1) is 13.0. The molecule has 2 aromatic rings. The average molecular weight is 409 g/mol. The number of alkyl carbamates (subject to hydrolysis) is 1. The van der Waals surface area contributed by atoms with Crippen molar-refractivity contribution in [1.82, 2.24) is 15.5 Å². The predicted octanol–water partition coefficient (Wildman–Crippen LogP) is 3.93. The second-order valence-electron chi connectivity index (χ2n) is 5.86. The van der Waals surface area contributed by atoms with E-state index >= 15 is 0 Å². The van der Waals surface area contributed by atoms with Crippen molar-refractivity contribution >= 4 is 40.2 Å². The average Bonchev–Trinajstić information content (AvgIpc) is 3.11. The second kappa shape index (κ2) is 10.9. The quantitative estimate of drug-likeness (QED) is 0.482. The fraction of sp³-hybridized carbons (Fsp3) is 0.444. The van der Waals surface area contributed by atoms with Gasteiger partial charge in [-0.2, -0.15) is 0 Å². The Morgan fingerprint density at radius 3 is 2.63 bits per heavy atom. The molecule has 9 heteroatoms. The van der Waals surface area contributed by atoms with Gasteiger partial charge in [0.1, 0.15) is 12.6 Å². The molecular formula is C18H24N4O3S2. The standard InChI is InChI=1S/C18H24N4O3S2/c1-4-12(3)14(15(23)20-16-21-22-18(27-16)26-5-2)19-17(24)25-11-13-9-7-6-8-10-13/h6-10,12,14H,4-5,11H2,1-3H3,(H,19,24)(H,20,21,23)/t12-,14-/m0/s1. The predicted molar refractivity (Wildman–Crippen MR) is 108 cm³/mol. The summed E-state index contributed by atoms with van der Waals surface area (Å²) in [6.45, 7) is 6.03. The van der Waals surface area contributed by atoms with Gasteiger partial charge in [-0.05, 0) is 17.2 Å². The maximum Gasteiger partial charge on any atom is 0.408 e. The molecule has 2 rings (SSSR count).